The fourth-order valence-electron chi connectivity index (χ4n) is 4.50. The van der Waals surface area contributed by atoms with Crippen LogP contribution in [0.25, 0.3) is 0 Å². The molecule has 0 bridgehead atoms. The number of hydrogen-bond acceptors (Lipinski definition) is 5. The summed E-state index contributed by atoms with van der Waals surface area (Å²) >= 11 is 0. The zero-order chi connectivity index (χ0) is 18.5. The van der Waals surface area contributed by atoms with Crippen molar-refractivity contribution >= 4 is 5.95 Å². The van der Waals surface area contributed by atoms with Gasteiger partial charge in [0.05, 0.1) is 7.11 Å². The molecule has 2 aromatic rings. The van der Waals surface area contributed by atoms with Gasteiger partial charge in [-0.25, -0.2) is 9.97 Å². The Morgan fingerprint density at radius 3 is 2.59 bits per heavy atom. The minimum absolute atomic E-state index is 0.738. The van der Waals surface area contributed by atoms with Gasteiger partial charge in [0, 0.05) is 25.5 Å². The van der Waals surface area contributed by atoms with Gasteiger partial charge in [-0.3, -0.25) is 0 Å². The molecule has 144 valence electrons. The predicted molar refractivity (Wildman–Crippen MR) is 108 cm³/mol. The molecular formula is C22H30N4O. The molecule has 0 spiro atoms. The number of anilines is 1. The molecule has 1 N–H and O–H groups in total. The summed E-state index contributed by atoms with van der Waals surface area (Å²) in [6.45, 7) is 4.38. The largest absolute Gasteiger partial charge is 0.496 e. The number of hydrogen-bond donors (Lipinski definition) is 1. The van der Waals surface area contributed by atoms with E-state index in [1.54, 1.807) is 7.11 Å². The summed E-state index contributed by atoms with van der Waals surface area (Å²) in [4.78, 5) is 11.1. The maximum atomic E-state index is 5.52. The Hall–Kier alpha value is -2.14. The maximum absolute atomic E-state index is 5.52. The van der Waals surface area contributed by atoms with Crippen LogP contribution in [0.4, 0.5) is 5.95 Å². The van der Waals surface area contributed by atoms with Crippen LogP contribution in [0.15, 0.2) is 36.7 Å². The Balaban J connectivity index is 1.20. The summed E-state index contributed by atoms with van der Waals surface area (Å²) in [5.41, 5.74) is 2.90. The second-order valence-corrected chi connectivity index (χ2v) is 7.84. The lowest BCUT2D eigenvalue weighted by atomic mass is 9.83. The van der Waals surface area contributed by atoms with Crippen LogP contribution in [0.2, 0.25) is 0 Å². The first-order chi connectivity index (χ1) is 13.3. The predicted octanol–water partition coefficient (Wildman–Crippen LogP) is 3.10. The van der Waals surface area contributed by atoms with Crippen LogP contribution < -0.4 is 15.0 Å². The molecule has 1 aliphatic carbocycles. The topological polar surface area (TPSA) is 50.3 Å². The molecule has 0 saturated carbocycles. The lowest BCUT2D eigenvalue weighted by Crippen LogP contribution is -2.39. The van der Waals surface area contributed by atoms with E-state index >= 15 is 0 Å². The third-order valence-corrected chi connectivity index (χ3v) is 6.08. The smallest absolute Gasteiger partial charge is 0.225 e. The van der Waals surface area contributed by atoms with Crippen LogP contribution in [0.1, 0.15) is 30.4 Å². The number of methoxy groups -OCH3 is 1. The van der Waals surface area contributed by atoms with Crippen molar-refractivity contribution in [1.82, 2.24) is 15.3 Å². The molecule has 0 radical (unpaired) electrons. The number of piperidine rings is 1. The van der Waals surface area contributed by atoms with Crippen molar-refractivity contribution in [3.63, 3.8) is 0 Å². The fraction of sp³-hybridized carbons (Fsp3) is 0.545. The summed E-state index contributed by atoms with van der Waals surface area (Å²) in [5.74, 6) is 3.44. The highest BCUT2D eigenvalue weighted by atomic mass is 16.5. The van der Waals surface area contributed by atoms with Crippen molar-refractivity contribution < 1.29 is 4.74 Å². The highest BCUT2D eigenvalue weighted by Crippen LogP contribution is 2.31. The second-order valence-electron chi connectivity index (χ2n) is 7.84. The number of nitrogens with one attached hydrogen (secondary N) is 1. The van der Waals surface area contributed by atoms with E-state index in [4.69, 9.17) is 4.74 Å². The Morgan fingerprint density at radius 2 is 1.81 bits per heavy atom. The van der Waals surface area contributed by atoms with Crippen LogP contribution in [-0.2, 0) is 12.8 Å². The quantitative estimate of drug-likeness (QED) is 0.851. The Kier molecular flexibility index (Phi) is 5.87. The van der Waals surface area contributed by atoms with Crippen molar-refractivity contribution in [1.29, 1.82) is 0 Å². The minimum Gasteiger partial charge on any atom is -0.496 e. The van der Waals surface area contributed by atoms with Gasteiger partial charge in [-0.05, 0) is 80.3 Å². The van der Waals surface area contributed by atoms with Gasteiger partial charge in [-0.2, -0.15) is 0 Å². The minimum atomic E-state index is 0.738. The van der Waals surface area contributed by atoms with Gasteiger partial charge in [0.2, 0.25) is 5.95 Å². The molecule has 0 amide bonds. The molecule has 5 nitrogen and oxygen atoms in total. The Morgan fingerprint density at radius 1 is 1.04 bits per heavy atom. The highest BCUT2D eigenvalue weighted by molar-refractivity contribution is 5.42. The molecule has 2 heterocycles. The van der Waals surface area contributed by atoms with E-state index < -0.39 is 0 Å². The Labute approximate surface area is 162 Å². The Bertz CT molecular complexity index is 728. The van der Waals surface area contributed by atoms with Gasteiger partial charge >= 0.3 is 0 Å². The molecule has 5 heteroatoms. The number of aromatic nitrogens is 2. The SMILES string of the molecule is COc1cccc2c1CCC(CNCC1CCN(c3ncccn3)CC1)C2. The van der Waals surface area contributed by atoms with Gasteiger partial charge in [0.25, 0.3) is 0 Å². The first-order valence-electron chi connectivity index (χ1n) is 10.2. The first-order valence-corrected chi connectivity index (χ1v) is 10.2. The number of rotatable bonds is 6. The summed E-state index contributed by atoms with van der Waals surface area (Å²) in [7, 11) is 1.78. The zero-order valence-corrected chi connectivity index (χ0v) is 16.2. The number of fused-ring (bicyclic) bond motifs is 1. The summed E-state index contributed by atoms with van der Waals surface area (Å²) in [6.07, 6.45) is 9.66. The van der Waals surface area contributed by atoms with Crippen molar-refractivity contribution in [2.24, 2.45) is 11.8 Å². The molecule has 1 aromatic heterocycles. The fourth-order valence-corrected chi connectivity index (χ4v) is 4.50. The molecule has 1 saturated heterocycles. The van der Waals surface area contributed by atoms with E-state index in [2.05, 4.69) is 38.4 Å². The summed E-state index contributed by atoms with van der Waals surface area (Å²) in [6, 6.07) is 8.35. The normalized spacial score (nSPS) is 20.3. The number of nitrogens with zero attached hydrogens (tertiary/aromatic N) is 3. The number of ether oxygens (including phenoxy) is 1. The van der Waals surface area contributed by atoms with Crippen molar-refractivity contribution in [2.45, 2.75) is 32.1 Å². The van der Waals surface area contributed by atoms with Gasteiger partial charge in [0.15, 0.2) is 0 Å². The second kappa shape index (κ2) is 8.70. The van der Waals surface area contributed by atoms with Crippen LogP contribution in [0, 0.1) is 11.8 Å². The zero-order valence-electron chi connectivity index (χ0n) is 16.2. The van der Waals surface area contributed by atoms with Crippen LogP contribution in [0.5, 0.6) is 5.75 Å². The summed E-state index contributed by atoms with van der Waals surface area (Å²) in [5, 5.41) is 3.76. The third-order valence-electron chi connectivity index (χ3n) is 6.08. The van der Waals surface area contributed by atoms with Crippen LogP contribution in [0.3, 0.4) is 0 Å². The van der Waals surface area contributed by atoms with Gasteiger partial charge < -0.3 is 15.0 Å². The monoisotopic (exact) mass is 366 g/mol. The van der Waals surface area contributed by atoms with Crippen molar-refractivity contribution in [2.75, 3.05) is 38.2 Å². The van der Waals surface area contributed by atoms with Gasteiger partial charge in [0.1, 0.15) is 5.75 Å². The third kappa shape index (κ3) is 4.41. The number of benzene rings is 1. The van der Waals surface area contributed by atoms with E-state index in [1.807, 2.05) is 18.5 Å². The average Bonchev–Trinajstić information content (AvgIpc) is 2.74. The molecule has 1 atom stereocenters. The lowest BCUT2D eigenvalue weighted by Gasteiger charge is -2.32. The highest BCUT2D eigenvalue weighted by Gasteiger charge is 2.23. The first kappa shape index (κ1) is 18.2. The van der Waals surface area contributed by atoms with E-state index in [-0.39, 0.29) is 0 Å². The van der Waals surface area contributed by atoms with Crippen molar-refractivity contribution in [3.05, 3.63) is 47.8 Å². The molecule has 1 aliphatic heterocycles. The molecule has 2 aliphatic rings. The molecular weight excluding hydrogens is 336 g/mol. The standard InChI is InChI=1S/C22H30N4O/c1-27-21-5-2-4-19-14-18(6-7-20(19)21)16-23-15-17-8-12-26(13-9-17)22-24-10-3-11-25-22/h2-5,10-11,17-18,23H,6-9,12-16H2,1H3. The van der Waals surface area contributed by atoms with Crippen molar-refractivity contribution in [3.8, 4) is 5.75 Å². The van der Waals surface area contributed by atoms with E-state index in [0.717, 1.165) is 56.1 Å². The van der Waals surface area contributed by atoms with E-state index in [1.165, 1.54) is 36.8 Å². The van der Waals surface area contributed by atoms with E-state index in [9.17, 15) is 0 Å². The van der Waals surface area contributed by atoms with Crippen LogP contribution >= 0.6 is 0 Å². The average molecular weight is 367 g/mol. The lowest BCUT2D eigenvalue weighted by molar-refractivity contribution is 0.349. The molecule has 1 fully saturated rings. The molecule has 27 heavy (non-hydrogen) atoms. The molecule has 1 unspecified atom stereocenters. The van der Waals surface area contributed by atoms with E-state index in [0.29, 0.717) is 0 Å². The molecule has 4 rings (SSSR count). The van der Waals surface area contributed by atoms with Crippen LogP contribution in [-0.4, -0.2) is 43.3 Å². The van der Waals surface area contributed by atoms with Gasteiger partial charge in [-0.15, -0.1) is 0 Å². The maximum Gasteiger partial charge on any atom is 0.225 e. The van der Waals surface area contributed by atoms with Gasteiger partial charge in [-0.1, -0.05) is 12.1 Å². The molecule has 1 aromatic carbocycles. The summed E-state index contributed by atoms with van der Waals surface area (Å²) < 4.78 is 5.52.